The summed E-state index contributed by atoms with van der Waals surface area (Å²) in [6, 6.07) is 12.7. The van der Waals surface area contributed by atoms with Gasteiger partial charge in [-0.15, -0.1) is 0 Å². The topological polar surface area (TPSA) is 92.3 Å². The van der Waals surface area contributed by atoms with Gasteiger partial charge in [0.15, 0.2) is 0 Å². The van der Waals surface area contributed by atoms with E-state index in [0.717, 1.165) is 23.8 Å². The van der Waals surface area contributed by atoms with Gasteiger partial charge in [-0.3, -0.25) is 9.44 Å². The molecule has 3 aromatic rings. The lowest BCUT2D eigenvalue weighted by atomic mass is 10.2. The third kappa shape index (κ3) is 4.77. The van der Waals surface area contributed by atoms with E-state index in [9.17, 15) is 25.6 Å². The number of aryl methyl sites for hydroxylation is 2. The fourth-order valence-corrected chi connectivity index (χ4v) is 5.21. The van der Waals surface area contributed by atoms with Gasteiger partial charge in [0, 0.05) is 11.8 Å². The van der Waals surface area contributed by atoms with Gasteiger partial charge in [-0.05, 0) is 61.4 Å². The molecule has 0 atom stereocenters. The number of sulfonamides is 2. The van der Waals surface area contributed by atoms with E-state index in [2.05, 4.69) is 9.44 Å². The maximum atomic E-state index is 13.9. The van der Waals surface area contributed by atoms with E-state index >= 15 is 0 Å². The van der Waals surface area contributed by atoms with Gasteiger partial charge in [0.1, 0.15) is 16.5 Å². The van der Waals surface area contributed by atoms with E-state index in [-0.39, 0.29) is 10.6 Å². The summed E-state index contributed by atoms with van der Waals surface area (Å²) in [4.78, 5) is -0.907. The van der Waals surface area contributed by atoms with Gasteiger partial charge in [-0.2, -0.15) is 0 Å². The number of nitrogens with one attached hydrogen (secondary N) is 2. The highest BCUT2D eigenvalue weighted by molar-refractivity contribution is 7.93. The van der Waals surface area contributed by atoms with Crippen LogP contribution in [-0.4, -0.2) is 16.8 Å². The van der Waals surface area contributed by atoms with Crippen LogP contribution in [0.3, 0.4) is 0 Å². The van der Waals surface area contributed by atoms with Crippen LogP contribution in [0.5, 0.6) is 0 Å². The van der Waals surface area contributed by atoms with Crippen LogP contribution in [0.4, 0.5) is 20.2 Å². The van der Waals surface area contributed by atoms with E-state index in [1.54, 1.807) is 25.1 Å². The van der Waals surface area contributed by atoms with E-state index in [0.29, 0.717) is 17.3 Å². The van der Waals surface area contributed by atoms with E-state index in [1.165, 1.54) is 12.1 Å². The number of hydrogen-bond acceptors (Lipinski definition) is 4. The lowest BCUT2D eigenvalue weighted by molar-refractivity contribution is 0.551. The summed E-state index contributed by atoms with van der Waals surface area (Å²) in [5.41, 5.74) is 1.50. The van der Waals surface area contributed by atoms with E-state index in [1.807, 2.05) is 13.0 Å². The highest BCUT2D eigenvalue weighted by atomic mass is 32.2. The van der Waals surface area contributed by atoms with Gasteiger partial charge in [-0.1, -0.05) is 18.2 Å². The Labute approximate surface area is 173 Å². The molecule has 0 unspecified atom stereocenters. The Morgan fingerprint density at radius 3 is 1.97 bits per heavy atom. The lowest BCUT2D eigenvalue weighted by Gasteiger charge is -2.14. The van der Waals surface area contributed by atoms with Crippen molar-refractivity contribution in [3.63, 3.8) is 0 Å². The SMILES string of the molecule is Cc1cccc(NS(=O)(=O)c2cc(NS(=O)(=O)c3ccc(F)cc3F)ccc2C)c1. The van der Waals surface area contributed by atoms with Crippen LogP contribution in [0.25, 0.3) is 0 Å². The van der Waals surface area contributed by atoms with Crippen molar-refractivity contribution in [3.8, 4) is 0 Å². The zero-order chi connectivity index (χ0) is 22.1. The summed E-state index contributed by atoms with van der Waals surface area (Å²) in [5.74, 6) is -2.18. The Morgan fingerprint density at radius 1 is 0.700 bits per heavy atom. The van der Waals surface area contributed by atoms with Crippen molar-refractivity contribution in [1.29, 1.82) is 0 Å². The fraction of sp³-hybridized carbons (Fsp3) is 0.100. The second-order valence-electron chi connectivity index (χ2n) is 6.64. The summed E-state index contributed by atoms with van der Waals surface area (Å²) in [7, 11) is -8.43. The number of hydrogen-bond donors (Lipinski definition) is 2. The third-order valence-electron chi connectivity index (χ3n) is 4.18. The van der Waals surface area contributed by atoms with Crippen LogP contribution in [0.15, 0.2) is 70.5 Å². The number of halogens is 2. The zero-order valence-electron chi connectivity index (χ0n) is 16.0. The molecule has 0 aromatic heterocycles. The molecule has 3 rings (SSSR count). The fourth-order valence-electron chi connectivity index (χ4n) is 2.78. The first kappa shape index (κ1) is 21.7. The molecule has 0 bridgehead atoms. The minimum Gasteiger partial charge on any atom is -0.280 e. The van der Waals surface area contributed by atoms with Crippen molar-refractivity contribution in [1.82, 2.24) is 0 Å². The Kier molecular flexibility index (Phi) is 5.82. The molecule has 158 valence electrons. The lowest BCUT2D eigenvalue weighted by Crippen LogP contribution is -2.17. The number of benzene rings is 3. The maximum absolute atomic E-state index is 13.9. The van der Waals surface area contributed by atoms with Crippen molar-refractivity contribution in [2.24, 2.45) is 0 Å². The summed E-state index contributed by atoms with van der Waals surface area (Å²) < 4.78 is 82.1. The first-order valence-electron chi connectivity index (χ1n) is 8.66. The van der Waals surface area contributed by atoms with Gasteiger partial charge in [0.05, 0.1) is 10.6 Å². The van der Waals surface area contributed by atoms with Crippen LogP contribution < -0.4 is 9.44 Å². The predicted octanol–water partition coefficient (Wildman–Crippen LogP) is 4.18. The molecule has 0 heterocycles. The van der Waals surface area contributed by atoms with Crippen molar-refractivity contribution >= 4 is 31.4 Å². The number of anilines is 2. The smallest absolute Gasteiger partial charge is 0.264 e. The average Bonchev–Trinajstić information content (AvgIpc) is 2.62. The summed E-state index contributed by atoms with van der Waals surface area (Å²) >= 11 is 0. The summed E-state index contributed by atoms with van der Waals surface area (Å²) in [6.45, 7) is 3.37. The van der Waals surface area contributed by atoms with Gasteiger partial charge in [0.2, 0.25) is 0 Å². The van der Waals surface area contributed by atoms with Crippen molar-refractivity contribution in [2.75, 3.05) is 9.44 Å². The molecular weight excluding hydrogens is 434 g/mol. The van der Waals surface area contributed by atoms with Crippen LogP contribution in [0, 0.1) is 25.5 Å². The molecule has 3 aromatic carbocycles. The van der Waals surface area contributed by atoms with Gasteiger partial charge < -0.3 is 0 Å². The predicted molar refractivity (Wildman–Crippen MR) is 110 cm³/mol. The molecule has 0 saturated heterocycles. The van der Waals surface area contributed by atoms with Crippen LogP contribution in [-0.2, 0) is 20.0 Å². The molecule has 0 aliphatic rings. The van der Waals surface area contributed by atoms with Crippen molar-refractivity contribution < 1.29 is 25.6 Å². The molecule has 0 aliphatic heterocycles. The second-order valence-corrected chi connectivity index (χ2v) is 9.94. The quantitative estimate of drug-likeness (QED) is 0.587. The average molecular weight is 453 g/mol. The highest BCUT2D eigenvalue weighted by Crippen LogP contribution is 2.26. The zero-order valence-corrected chi connectivity index (χ0v) is 17.6. The summed E-state index contributed by atoms with van der Waals surface area (Å²) in [6.07, 6.45) is 0. The molecule has 0 fully saturated rings. The molecule has 10 heteroatoms. The maximum Gasteiger partial charge on any atom is 0.264 e. The van der Waals surface area contributed by atoms with Crippen LogP contribution in [0.2, 0.25) is 0 Å². The van der Waals surface area contributed by atoms with Gasteiger partial charge >= 0.3 is 0 Å². The largest absolute Gasteiger partial charge is 0.280 e. The molecule has 2 N–H and O–H groups in total. The normalized spacial score (nSPS) is 11.9. The van der Waals surface area contributed by atoms with E-state index in [4.69, 9.17) is 0 Å². The molecule has 6 nitrogen and oxygen atoms in total. The Hall–Kier alpha value is -2.98. The Morgan fingerprint density at radius 2 is 1.33 bits per heavy atom. The van der Waals surface area contributed by atoms with Crippen molar-refractivity contribution in [3.05, 3.63) is 83.4 Å². The minimum absolute atomic E-state index is 0.0889. The standard InChI is InChI=1S/C20H18F2N2O4S2/c1-13-4-3-5-16(10-13)23-30(27,28)20-12-17(8-6-14(20)2)24-29(25,26)19-9-7-15(21)11-18(19)22/h3-12,23-24H,1-2H3. The first-order valence-corrected chi connectivity index (χ1v) is 11.6. The van der Waals surface area contributed by atoms with Crippen LogP contribution in [0.1, 0.15) is 11.1 Å². The van der Waals surface area contributed by atoms with E-state index < -0.39 is 36.6 Å². The first-order chi connectivity index (χ1) is 14.0. The minimum atomic E-state index is -4.41. The van der Waals surface area contributed by atoms with Gasteiger partial charge in [-0.25, -0.2) is 25.6 Å². The number of rotatable bonds is 6. The second kappa shape index (κ2) is 8.04. The highest BCUT2D eigenvalue weighted by Gasteiger charge is 2.22. The molecule has 0 radical (unpaired) electrons. The van der Waals surface area contributed by atoms with Gasteiger partial charge in [0.25, 0.3) is 20.0 Å². The Balaban J connectivity index is 1.95. The third-order valence-corrected chi connectivity index (χ3v) is 7.12. The molecular formula is C20H18F2N2O4S2. The monoisotopic (exact) mass is 452 g/mol. The molecule has 0 amide bonds. The Bertz CT molecular complexity index is 1320. The molecule has 0 saturated carbocycles. The summed E-state index contributed by atoms with van der Waals surface area (Å²) in [5, 5.41) is 0. The molecule has 0 aliphatic carbocycles. The van der Waals surface area contributed by atoms with Crippen LogP contribution >= 0.6 is 0 Å². The molecule has 30 heavy (non-hydrogen) atoms. The van der Waals surface area contributed by atoms with Crippen molar-refractivity contribution in [2.45, 2.75) is 23.6 Å². The molecule has 0 spiro atoms.